The first-order valence-electron chi connectivity index (χ1n) is 9.39. The number of hydrogen-bond acceptors (Lipinski definition) is 3. The molecule has 0 saturated heterocycles. The lowest BCUT2D eigenvalue weighted by molar-refractivity contribution is 0.0404. The minimum Gasteiger partial charge on any atom is -0.394 e. The molecule has 0 bridgehead atoms. The third-order valence-corrected chi connectivity index (χ3v) is 5.79. The van der Waals surface area contributed by atoms with Crippen molar-refractivity contribution in [2.45, 2.75) is 32.0 Å². The van der Waals surface area contributed by atoms with E-state index in [2.05, 4.69) is 72.0 Å². The Hall–Kier alpha value is -2.46. The topological polar surface area (TPSA) is 52.5 Å². The first kappa shape index (κ1) is 17.9. The number of benzene rings is 4. The highest BCUT2D eigenvalue weighted by molar-refractivity contribution is 6.18. The van der Waals surface area contributed by atoms with E-state index in [9.17, 15) is 10.2 Å². The summed E-state index contributed by atoms with van der Waals surface area (Å²) in [6.45, 7) is 3.99. The molecule has 4 aromatic carbocycles. The van der Waals surface area contributed by atoms with Crippen LogP contribution in [0.1, 0.15) is 19.4 Å². The molecular formula is C24H25NO2. The molecule has 3 heteroatoms. The molecule has 3 N–H and O–H groups in total. The molecule has 2 atom stereocenters. The highest BCUT2D eigenvalue weighted by Crippen LogP contribution is 2.33. The van der Waals surface area contributed by atoms with Gasteiger partial charge in [0.2, 0.25) is 0 Å². The van der Waals surface area contributed by atoms with E-state index in [0.29, 0.717) is 6.54 Å². The van der Waals surface area contributed by atoms with Gasteiger partial charge < -0.3 is 15.5 Å². The minimum atomic E-state index is -0.741. The fourth-order valence-electron chi connectivity index (χ4n) is 3.72. The summed E-state index contributed by atoms with van der Waals surface area (Å²) in [5, 5.41) is 30.5. The Bertz CT molecular complexity index is 1120. The van der Waals surface area contributed by atoms with E-state index in [-0.39, 0.29) is 6.61 Å². The second-order valence-corrected chi connectivity index (χ2v) is 7.57. The molecule has 4 aromatic rings. The molecule has 0 heterocycles. The summed E-state index contributed by atoms with van der Waals surface area (Å²) in [5.74, 6) is 0. The maximum absolute atomic E-state index is 10.1. The molecule has 0 aliphatic rings. The van der Waals surface area contributed by atoms with E-state index in [0.717, 1.165) is 5.56 Å². The third-order valence-electron chi connectivity index (χ3n) is 5.79. The second kappa shape index (κ2) is 6.93. The number of rotatable bonds is 5. The predicted octanol–water partition coefficient (Wildman–Crippen LogP) is 4.37. The Morgan fingerprint density at radius 3 is 2.19 bits per heavy atom. The van der Waals surface area contributed by atoms with E-state index >= 15 is 0 Å². The standard InChI is InChI=1S/C24H25NO2/c1-16(27)24(2,15-26)25-14-18-13-23-19-8-4-3-7-17(19)11-12-22(23)21-10-6-5-9-20(18)21/h3-13,16,25-27H,14-15H2,1-2H3/t16-,24+/m0/s1. The molecule has 3 nitrogen and oxygen atoms in total. The van der Waals surface area contributed by atoms with Crippen LogP contribution in [0.2, 0.25) is 0 Å². The summed E-state index contributed by atoms with van der Waals surface area (Å²) in [6, 6.07) is 23.5. The zero-order chi connectivity index (χ0) is 19.0. The molecule has 0 spiro atoms. The zero-order valence-electron chi connectivity index (χ0n) is 15.7. The van der Waals surface area contributed by atoms with Crippen molar-refractivity contribution in [3.05, 3.63) is 72.3 Å². The summed E-state index contributed by atoms with van der Waals surface area (Å²) in [4.78, 5) is 0. The molecule has 0 fully saturated rings. The van der Waals surface area contributed by atoms with Crippen molar-refractivity contribution in [3.8, 4) is 0 Å². The molecule has 0 radical (unpaired) electrons. The molecule has 138 valence electrons. The van der Waals surface area contributed by atoms with Gasteiger partial charge in [0.1, 0.15) is 0 Å². The Labute approximate surface area is 159 Å². The van der Waals surface area contributed by atoms with Crippen molar-refractivity contribution in [1.29, 1.82) is 0 Å². The lowest BCUT2D eigenvalue weighted by Crippen LogP contribution is -2.53. The first-order valence-corrected chi connectivity index (χ1v) is 9.39. The lowest BCUT2D eigenvalue weighted by atomic mass is 9.92. The molecule has 0 aliphatic carbocycles. The normalized spacial score (nSPS) is 15.3. The van der Waals surface area contributed by atoms with E-state index in [4.69, 9.17) is 0 Å². The molecule has 27 heavy (non-hydrogen) atoms. The lowest BCUT2D eigenvalue weighted by Gasteiger charge is -2.32. The Balaban J connectivity index is 1.92. The van der Waals surface area contributed by atoms with Crippen LogP contribution in [0.25, 0.3) is 32.3 Å². The molecular weight excluding hydrogens is 334 g/mol. The molecule has 0 saturated carbocycles. The van der Waals surface area contributed by atoms with Crippen molar-refractivity contribution in [2.75, 3.05) is 6.61 Å². The summed E-state index contributed by atoms with van der Waals surface area (Å²) in [5.41, 5.74) is 0.421. The Morgan fingerprint density at radius 1 is 0.852 bits per heavy atom. The maximum atomic E-state index is 10.1. The fraction of sp³-hybridized carbons (Fsp3) is 0.250. The van der Waals surface area contributed by atoms with Crippen molar-refractivity contribution in [1.82, 2.24) is 5.32 Å². The van der Waals surface area contributed by atoms with E-state index in [1.54, 1.807) is 6.92 Å². The van der Waals surface area contributed by atoms with Crippen LogP contribution in [0.4, 0.5) is 0 Å². The van der Waals surface area contributed by atoms with Crippen molar-refractivity contribution >= 4 is 32.3 Å². The van der Waals surface area contributed by atoms with Crippen molar-refractivity contribution < 1.29 is 10.2 Å². The average molecular weight is 359 g/mol. The van der Waals surface area contributed by atoms with Gasteiger partial charge in [0.05, 0.1) is 18.2 Å². The van der Waals surface area contributed by atoms with Crippen LogP contribution in [-0.4, -0.2) is 28.5 Å². The second-order valence-electron chi connectivity index (χ2n) is 7.57. The van der Waals surface area contributed by atoms with Gasteiger partial charge in [0.15, 0.2) is 0 Å². The van der Waals surface area contributed by atoms with Crippen LogP contribution < -0.4 is 5.32 Å². The number of nitrogens with one attached hydrogen (secondary N) is 1. The largest absolute Gasteiger partial charge is 0.394 e. The first-order chi connectivity index (χ1) is 13.0. The summed E-state index contributed by atoms with van der Waals surface area (Å²) in [7, 11) is 0. The van der Waals surface area contributed by atoms with E-state index in [1.165, 1.54) is 32.3 Å². The van der Waals surface area contributed by atoms with E-state index in [1.807, 2.05) is 6.92 Å². The van der Waals surface area contributed by atoms with Crippen molar-refractivity contribution in [2.24, 2.45) is 0 Å². The van der Waals surface area contributed by atoms with Crippen LogP contribution in [0, 0.1) is 0 Å². The van der Waals surface area contributed by atoms with Gasteiger partial charge in [-0.3, -0.25) is 0 Å². The van der Waals surface area contributed by atoms with Gasteiger partial charge in [-0.25, -0.2) is 0 Å². The highest BCUT2D eigenvalue weighted by Gasteiger charge is 2.28. The van der Waals surface area contributed by atoms with E-state index < -0.39 is 11.6 Å². The smallest absolute Gasteiger partial charge is 0.0713 e. The molecule has 4 rings (SSSR count). The predicted molar refractivity (Wildman–Crippen MR) is 113 cm³/mol. The quantitative estimate of drug-likeness (QED) is 0.464. The monoisotopic (exact) mass is 359 g/mol. The molecule has 0 aliphatic heterocycles. The van der Waals surface area contributed by atoms with Gasteiger partial charge in [0.25, 0.3) is 0 Å². The SMILES string of the molecule is C[C@H](O)[C@@](C)(CO)NCc1cc2c3ccccc3ccc2c2ccccc12. The van der Waals surface area contributed by atoms with Gasteiger partial charge >= 0.3 is 0 Å². The van der Waals surface area contributed by atoms with Gasteiger partial charge in [-0.1, -0.05) is 60.7 Å². The fourth-order valence-corrected chi connectivity index (χ4v) is 3.72. The highest BCUT2D eigenvalue weighted by atomic mass is 16.3. The molecule has 0 aromatic heterocycles. The molecule has 0 amide bonds. The Morgan fingerprint density at radius 2 is 1.48 bits per heavy atom. The third kappa shape index (κ3) is 3.08. The summed E-state index contributed by atoms with van der Waals surface area (Å²) >= 11 is 0. The maximum Gasteiger partial charge on any atom is 0.0713 e. The Kier molecular flexibility index (Phi) is 4.60. The summed E-state index contributed by atoms with van der Waals surface area (Å²) < 4.78 is 0. The summed E-state index contributed by atoms with van der Waals surface area (Å²) in [6.07, 6.45) is -0.657. The van der Waals surface area contributed by atoms with Gasteiger partial charge in [-0.2, -0.15) is 0 Å². The van der Waals surface area contributed by atoms with Gasteiger partial charge in [-0.05, 0) is 57.8 Å². The van der Waals surface area contributed by atoms with Crippen LogP contribution in [0.15, 0.2) is 66.7 Å². The van der Waals surface area contributed by atoms with Crippen LogP contribution in [0.3, 0.4) is 0 Å². The average Bonchev–Trinajstić information content (AvgIpc) is 2.71. The number of hydrogen-bond donors (Lipinski definition) is 3. The van der Waals surface area contributed by atoms with Crippen molar-refractivity contribution in [3.63, 3.8) is 0 Å². The number of fused-ring (bicyclic) bond motifs is 5. The van der Waals surface area contributed by atoms with Crippen LogP contribution in [0.5, 0.6) is 0 Å². The number of aliphatic hydroxyl groups excluding tert-OH is 2. The molecule has 0 unspecified atom stereocenters. The number of aliphatic hydroxyl groups is 2. The van der Waals surface area contributed by atoms with Crippen LogP contribution in [-0.2, 0) is 6.54 Å². The van der Waals surface area contributed by atoms with Gasteiger partial charge in [0, 0.05) is 6.54 Å². The van der Waals surface area contributed by atoms with Crippen LogP contribution >= 0.6 is 0 Å². The zero-order valence-corrected chi connectivity index (χ0v) is 15.7. The minimum absolute atomic E-state index is 0.126. The van der Waals surface area contributed by atoms with Gasteiger partial charge in [-0.15, -0.1) is 0 Å².